The first-order valence-electron chi connectivity index (χ1n) is 10.5. The molecule has 1 amide bonds. The fourth-order valence-corrected chi connectivity index (χ4v) is 3.99. The molecular formula is C24H19N5O4S. The van der Waals surface area contributed by atoms with Crippen LogP contribution in [0.5, 0.6) is 0 Å². The second-order valence-corrected chi connectivity index (χ2v) is 8.29. The Kier molecular flexibility index (Phi) is 6.21. The van der Waals surface area contributed by atoms with E-state index < -0.39 is 0 Å². The van der Waals surface area contributed by atoms with E-state index in [1.54, 1.807) is 36.6 Å². The number of benzene rings is 2. The SMILES string of the molecule is O=C(CSc1nnc(-c2nn(Cc3ccccc3)c(=O)c3ccccc23)o1)NCc1ccco1. The maximum atomic E-state index is 13.0. The Morgan fingerprint density at radius 3 is 2.56 bits per heavy atom. The quantitative estimate of drug-likeness (QED) is 0.341. The van der Waals surface area contributed by atoms with Crippen LogP contribution in [0.3, 0.4) is 0 Å². The van der Waals surface area contributed by atoms with Crippen LogP contribution in [0.15, 0.2) is 91.8 Å². The van der Waals surface area contributed by atoms with Crippen molar-refractivity contribution in [1.82, 2.24) is 25.3 Å². The standard InChI is InChI=1S/C24H19N5O4S/c30-20(25-13-17-9-6-12-32-17)15-34-24-27-26-22(33-24)21-18-10-4-5-11-19(18)23(31)29(28-21)14-16-7-2-1-3-8-16/h1-12H,13-15H2,(H,25,30). The zero-order valence-electron chi connectivity index (χ0n) is 17.9. The summed E-state index contributed by atoms with van der Waals surface area (Å²) in [6, 6.07) is 20.3. The number of thioether (sulfide) groups is 1. The number of fused-ring (bicyclic) bond motifs is 1. The van der Waals surface area contributed by atoms with Gasteiger partial charge in [0.25, 0.3) is 16.7 Å². The number of furan rings is 1. The van der Waals surface area contributed by atoms with Gasteiger partial charge >= 0.3 is 0 Å². The number of hydrogen-bond donors (Lipinski definition) is 1. The third-order valence-electron chi connectivity index (χ3n) is 5.02. The summed E-state index contributed by atoms with van der Waals surface area (Å²) < 4.78 is 12.4. The highest BCUT2D eigenvalue weighted by atomic mass is 32.2. The minimum atomic E-state index is -0.203. The Morgan fingerprint density at radius 1 is 0.971 bits per heavy atom. The van der Waals surface area contributed by atoms with Gasteiger partial charge in [-0.25, -0.2) is 4.68 Å². The van der Waals surface area contributed by atoms with E-state index in [0.717, 1.165) is 17.3 Å². The minimum absolute atomic E-state index is 0.101. The second-order valence-electron chi connectivity index (χ2n) is 7.36. The van der Waals surface area contributed by atoms with Gasteiger partial charge in [0.05, 0.1) is 30.5 Å². The molecule has 0 radical (unpaired) electrons. The van der Waals surface area contributed by atoms with Gasteiger partial charge in [0.1, 0.15) is 5.76 Å². The number of carbonyl (C=O) groups excluding carboxylic acids is 1. The lowest BCUT2D eigenvalue weighted by Gasteiger charge is -2.09. The number of rotatable bonds is 8. The van der Waals surface area contributed by atoms with Crippen molar-refractivity contribution in [3.8, 4) is 11.6 Å². The van der Waals surface area contributed by atoms with Crippen LogP contribution in [0.25, 0.3) is 22.4 Å². The average molecular weight is 474 g/mol. The Morgan fingerprint density at radius 2 is 1.76 bits per heavy atom. The summed E-state index contributed by atoms with van der Waals surface area (Å²) in [5, 5.41) is 16.8. The Hall–Kier alpha value is -4.18. The molecule has 5 aromatic rings. The van der Waals surface area contributed by atoms with E-state index in [0.29, 0.717) is 35.3 Å². The van der Waals surface area contributed by atoms with E-state index in [9.17, 15) is 9.59 Å². The molecule has 0 fully saturated rings. The molecule has 0 aliphatic heterocycles. The summed E-state index contributed by atoms with van der Waals surface area (Å²) in [6.07, 6.45) is 1.55. The maximum absolute atomic E-state index is 13.0. The van der Waals surface area contributed by atoms with Crippen LogP contribution in [-0.4, -0.2) is 31.6 Å². The average Bonchev–Trinajstić information content (AvgIpc) is 3.56. The van der Waals surface area contributed by atoms with Crippen LogP contribution in [0.2, 0.25) is 0 Å². The number of nitrogens with one attached hydrogen (secondary N) is 1. The number of carbonyl (C=O) groups is 1. The van der Waals surface area contributed by atoms with Crippen molar-refractivity contribution in [2.45, 2.75) is 18.3 Å². The fraction of sp³-hybridized carbons (Fsp3) is 0.125. The summed E-state index contributed by atoms with van der Waals surface area (Å²) in [4.78, 5) is 25.1. The third-order valence-corrected chi connectivity index (χ3v) is 5.84. The van der Waals surface area contributed by atoms with E-state index >= 15 is 0 Å². The molecule has 1 N–H and O–H groups in total. The molecule has 0 aliphatic carbocycles. The lowest BCUT2D eigenvalue weighted by atomic mass is 10.1. The van der Waals surface area contributed by atoms with Crippen molar-refractivity contribution in [2.75, 3.05) is 5.75 Å². The zero-order valence-corrected chi connectivity index (χ0v) is 18.7. The molecule has 0 bridgehead atoms. The molecule has 5 rings (SSSR count). The van der Waals surface area contributed by atoms with Gasteiger partial charge in [-0.15, -0.1) is 10.2 Å². The molecular weight excluding hydrogens is 454 g/mol. The summed E-state index contributed by atoms with van der Waals surface area (Å²) in [5.41, 5.74) is 1.15. The van der Waals surface area contributed by atoms with Gasteiger partial charge in [-0.05, 0) is 23.8 Å². The number of aromatic nitrogens is 4. The van der Waals surface area contributed by atoms with Crippen molar-refractivity contribution in [3.05, 3.63) is 94.7 Å². The normalized spacial score (nSPS) is 11.1. The number of hydrogen-bond acceptors (Lipinski definition) is 8. The van der Waals surface area contributed by atoms with Crippen LogP contribution in [-0.2, 0) is 17.9 Å². The highest BCUT2D eigenvalue weighted by molar-refractivity contribution is 7.99. The lowest BCUT2D eigenvalue weighted by molar-refractivity contribution is -0.118. The van der Waals surface area contributed by atoms with Crippen molar-refractivity contribution in [1.29, 1.82) is 0 Å². The molecule has 0 spiro atoms. The van der Waals surface area contributed by atoms with E-state index in [2.05, 4.69) is 20.6 Å². The molecule has 0 aliphatic rings. The van der Waals surface area contributed by atoms with Crippen LogP contribution in [0, 0.1) is 0 Å². The molecule has 9 nitrogen and oxygen atoms in total. The van der Waals surface area contributed by atoms with E-state index in [1.807, 2.05) is 36.4 Å². The molecule has 2 aromatic carbocycles. The van der Waals surface area contributed by atoms with Gasteiger partial charge in [-0.1, -0.05) is 60.3 Å². The van der Waals surface area contributed by atoms with Gasteiger partial charge in [-0.2, -0.15) is 5.10 Å². The van der Waals surface area contributed by atoms with Crippen LogP contribution >= 0.6 is 11.8 Å². The number of nitrogens with zero attached hydrogens (tertiary/aromatic N) is 4. The summed E-state index contributed by atoms with van der Waals surface area (Å²) in [7, 11) is 0. The van der Waals surface area contributed by atoms with E-state index in [-0.39, 0.29) is 28.3 Å². The largest absolute Gasteiger partial charge is 0.467 e. The predicted octanol–water partition coefficient (Wildman–Crippen LogP) is 3.50. The minimum Gasteiger partial charge on any atom is -0.467 e. The topological polar surface area (TPSA) is 116 Å². The Labute approximate surface area is 197 Å². The van der Waals surface area contributed by atoms with Crippen LogP contribution in [0.4, 0.5) is 0 Å². The Bertz CT molecular complexity index is 1480. The zero-order chi connectivity index (χ0) is 23.3. The first kappa shape index (κ1) is 21.7. The van der Waals surface area contributed by atoms with Crippen molar-refractivity contribution < 1.29 is 13.6 Å². The van der Waals surface area contributed by atoms with Gasteiger partial charge in [-0.3, -0.25) is 9.59 Å². The molecule has 0 saturated heterocycles. The van der Waals surface area contributed by atoms with Crippen molar-refractivity contribution in [2.24, 2.45) is 0 Å². The first-order chi connectivity index (χ1) is 16.7. The molecule has 0 saturated carbocycles. The van der Waals surface area contributed by atoms with Gasteiger partial charge in [0, 0.05) is 5.39 Å². The Balaban J connectivity index is 1.37. The molecule has 170 valence electrons. The van der Waals surface area contributed by atoms with Crippen molar-refractivity contribution >= 4 is 28.4 Å². The van der Waals surface area contributed by atoms with Gasteiger partial charge in [0.15, 0.2) is 5.69 Å². The monoisotopic (exact) mass is 473 g/mol. The summed E-state index contributed by atoms with van der Waals surface area (Å²) in [5.74, 6) is 0.754. The molecule has 0 unspecified atom stereocenters. The maximum Gasteiger partial charge on any atom is 0.277 e. The highest BCUT2D eigenvalue weighted by Gasteiger charge is 2.18. The summed E-state index contributed by atoms with van der Waals surface area (Å²) in [6.45, 7) is 0.615. The fourth-order valence-electron chi connectivity index (χ4n) is 3.40. The van der Waals surface area contributed by atoms with Crippen LogP contribution < -0.4 is 10.9 Å². The molecule has 0 atom stereocenters. The van der Waals surface area contributed by atoms with Gasteiger partial charge < -0.3 is 14.2 Å². The lowest BCUT2D eigenvalue weighted by Crippen LogP contribution is -2.24. The van der Waals surface area contributed by atoms with Crippen molar-refractivity contribution in [3.63, 3.8) is 0 Å². The highest BCUT2D eigenvalue weighted by Crippen LogP contribution is 2.26. The van der Waals surface area contributed by atoms with Gasteiger partial charge in [0.2, 0.25) is 5.91 Å². The predicted molar refractivity (Wildman–Crippen MR) is 126 cm³/mol. The third kappa shape index (κ3) is 4.76. The van der Waals surface area contributed by atoms with E-state index in [1.165, 1.54) is 4.68 Å². The smallest absolute Gasteiger partial charge is 0.277 e. The first-order valence-corrected chi connectivity index (χ1v) is 11.5. The summed E-state index contributed by atoms with van der Waals surface area (Å²) >= 11 is 1.12. The van der Waals surface area contributed by atoms with Crippen LogP contribution in [0.1, 0.15) is 11.3 Å². The molecule has 3 heterocycles. The van der Waals surface area contributed by atoms with E-state index in [4.69, 9.17) is 8.83 Å². The number of amides is 1. The molecule has 10 heteroatoms. The second kappa shape index (κ2) is 9.75. The molecule has 34 heavy (non-hydrogen) atoms. The molecule has 3 aromatic heterocycles.